The molecule has 2 unspecified atom stereocenters. The fraction of sp³-hybridized carbons (Fsp3) is 0.571. The third-order valence-electron chi connectivity index (χ3n) is 3.45. The first kappa shape index (κ1) is 12.4. The molecule has 94 valence electrons. The molecular weight excluding hydrogens is 212 g/mol. The Labute approximate surface area is 103 Å². The summed E-state index contributed by atoms with van der Waals surface area (Å²) in [6.45, 7) is 6.58. The normalized spacial score (nSPS) is 25.0. The van der Waals surface area contributed by atoms with Gasteiger partial charge in [-0.2, -0.15) is 0 Å². The number of nitrogens with one attached hydrogen (secondary N) is 1. The van der Waals surface area contributed by atoms with Crippen molar-refractivity contribution in [1.29, 1.82) is 0 Å². The van der Waals surface area contributed by atoms with Crippen molar-refractivity contribution in [3.63, 3.8) is 0 Å². The van der Waals surface area contributed by atoms with Crippen LogP contribution in [0, 0.1) is 6.92 Å². The molecule has 1 aliphatic rings. The van der Waals surface area contributed by atoms with Gasteiger partial charge in [-0.15, -0.1) is 0 Å². The van der Waals surface area contributed by atoms with Crippen LogP contribution in [0.25, 0.3) is 0 Å². The van der Waals surface area contributed by atoms with Gasteiger partial charge in [-0.05, 0) is 38.0 Å². The van der Waals surface area contributed by atoms with E-state index in [0.717, 1.165) is 19.5 Å². The highest BCUT2D eigenvalue weighted by Crippen LogP contribution is 2.24. The lowest BCUT2D eigenvalue weighted by Crippen LogP contribution is -2.56. The molecule has 2 N–H and O–H groups in total. The van der Waals surface area contributed by atoms with Crippen LogP contribution in [0.1, 0.15) is 18.9 Å². The van der Waals surface area contributed by atoms with Crippen LogP contribution in [0.2, 0.25) is 0 Å². The quantitative estimate of drug-likeness (QED) is 0.833. The highest BCUT2D eigenvalue weighted by molar-refractivity contribution is 5.51. The maximum atomic E-state index is 9.17. The van der Waals surface area contributed by atoms with Crippen LogP contribution in [0.5, 0.6) is 0 Å². The average molecular weight is 234 g/mol. The zero-order valence-electron chi connectivity index (χ0n) is 10.7. The van der Waals surface area contributed by atoms with Crippen molar-refractivity contribution in [2.45, 2.75) is 32.4 Å². The molecule has 2 rings (SSSR count). The van der Waals surface area contributed by atoms with E-state index in [1.165, 1.54) is 11.3 Å². The number of aliphatic hydroxyl groups excluding tert-OH is 1. The molecule has 0 spiro atoms. The molecule has 3 heteroatoms. The van der Waals surface area contributed by atoms with Crippen molar-refractivity contribution in [2.75, 3.05) is 24.6 Å². The van der Waals surface area contributed by atoms with Crippen molar-refractivity contribution in [2.24, 2.45) is 0 Å². The molecule has 0 aliphatic carbocycles. The van der Waals surface area contributed by atoms with Gasteiger partial charge in [0, 0.05) is 37.5 Å². The molecule has 1 aromatic carbocycles. The predicted octanol–water partition coefficient (Wildman–Crippen LogP) is 1.54. The molecule has 1 heterocycles. The monoisotopic (exact) mass is 234 g/mol. The summed E-state index contributed by atoms with van der Waals surface area (Å²) in [6, 6.07) is 9.49. The minimum absolute atomic E-state index is 0.251. The largest absolute Gasteiger partial charge is 0.396 e. The molecule has 0 aromatic heterocycles. The second-order valence-electron chi connectivity index (χ2n) is 4.92. The fourth-order valence-corrected chi connectivity index (χ4v) is 2.66. The first-order valence-corrected chi connectivity index (χ1v) is 6.39. The second kappa shape index (κ2) is 5.52. The van der Waals surface area contributed by atoms with Crippen molar-refractivity contribution >= 4 is 5.69 Å². The SMILES string of the molecule is Cc1cccc(N2C(C)CNCC2CCO)c1. The molecule has 1 aliphatic heterocycles. The van der Waals surface area contributed by atoms with Crippen LogP contribution in [0.4, 0.5) is 5.69 Å². The van der Waals surface area contributed by atoms with Crippen molar-refractivity contribution < 1.29 is 5.11 Å². The van der Waals surface area contributed by atoms with E-state index in [9.17, 15) is 0 Å². The van der Waals surface area contributed by atoms with Crippen LogP contribution in [-0.4, -0.2) is 36.9 Å². The molecule has 1 saturated heterocycles. The smallest absolute Gasteiger partial charge is 0.0451 e. The van der Waals surface area contributed by atoms with Crippen LogP contribution < -0.4 is 10.2 Å². The van der Waals surface area contributed by atoms with E-state index in [2.05, 4.69) is 48.3 Å². The summed E-state index contributed by atoms with van der Waals surface area (Å²) >= 11 is 0. The van der Waals surface area contributed by atoms with Gasteiger partial charge < -0.3 is 15.3 Å². The third kappa shape index (κ3) is 2.79. The molecule has 0 saturated carbocycles. The first-order valence-electron chi connectivity index (χ1n) is 6.39. The zero-order chi connectivity index (χ0) is 12.3. The highest BCUT2D eigenvalue weighted by Gasteiger charge is 2.27. The number of rotatable bonds is 3. The summed E-state index contributed by atoms with van der Waals surface area (Å²) in [4.78, 5) is 2.44. The van der Waals surface area contributed by atoms with Crippen LogP contribution in [0.15, 0.2) is 24.3 Å². The number of anilines is 1. The number of piperazine rings is 1. The lowest BCUT2D eigenvalue weighted by Gasteiger charge is -2.43. The van der Waals surface area contributed by atoms with Gasteiger partial charge >= 0.3 is 0 Å². The molecule has 0 bridgehead atoms. The number of hydrogen-bond donors (Lipinski definition) is 2. The minimum Gasteiger partial charge on any atom is -0.396 e. The number of aliphatic hydroxyl groups is 1. The molecule has 3 nitrogen and oxygen atoms in total. The summed E-state index contributed by atoms with van der Waals surface area (Å²) in [6.07, 6.45) is 0.825. The standard InChI is InChI=1S/C14H22N2O/c1-11-4-3-5-13(8-11)16-12(2)9-15-10-14(16)6-7-17/h3-5,8,12,14-15,17H,6-7,9-10H2,1-2H3. The van der Waals surface area contributed by atoms with Gasteiger partial charge in [0.15, 0.2) is 0 Å². The van der Waals surface area contributed by atoms with E-state index in [1.807, 2.05) is 0 Å². The summed E-state index contributed by atoms with van der Waals surface area (Å²) in [5, 5.41) is 12.6. The lowest BCUT2D eigenvalue weighted by atomic mass is 10.0. The fourth-order valence-electron chi connectivity index (χ4n) is 2.66. The maximum absolute atomic E-state index is 9.17. The van der Waals surface area contributed by atoms with Gasteiger partial charge in [0.1, 0.15) is 0 Å². The minimum atomic E-state index is 0.251. The van der Waals surface area contributed by atoms with Gasteiger partial charge in [0.05, 0.1) is 0 Å². The van der Waals surface area contributed by atoms with Crippen LogP contribution in [-0.2, 0) is 0 Å². The molecule has 0 amide bonds. The third-order valence-corrected chi connectivity index (χ3v) is 3.45. The van der Waals surface area contributed by atoms with Crippen molar-refractivity contribution in [1.82, 2.24) is 5.32 Å². The summed E-state index contributed by atoms with van der Waals surface area (Å²) in [5.41, 5.74) is 2.56. The molecule has 0 radical (unpaired) electrons. The molecule has 1 aromatic rings. The summed E-state index contributed by atoms with van der Waals surface area (Å²) in [7, 11) is 0. The molecular formula is C14H22N2O. The van der Waals surface area contributed by atoms with E-state index >= 15 is 0 Å². The Morgan fingerprint density at radius 3 is 2.94 bits per heavy atom. The Balaban J connectivity index is 2.24. The maximum Gasteiger partial charge on any atom is 0.0451 e. The van der Waals surface area contributed by atoms with E-state index in [1.54, 1.807) is 0 Å². The Kier molecular flexibility index (Phi) is 4.02. The number of aryl methyl sites for hydroxylation is 1. The lowest BCUT2D eigenvalue weighted by molar-refractivity contribution is 0.259. The topological polar surface area (TPSA) is 35.5 Å². The van der Waals surface area contributed by atoms with E-state index in [-0.39, 0.29) is 6.61 Å². The number of hydrogen-bond acceptors (Lipinski definition) is 3. The Morgan fingerprint density at radius 1 is 1.41 bits per heavy atom. The van der Waals surface area contributed by atoms with E-state index in [4.69, 9.17) is 5.11 Å². The Morgan fingerprint density at radius 2 is 2.24 bits per heavy atom. The highest BCUT2D eigenvalue weighted by atomic mass is 16.3. The van der Waals surface area contributed by atoms with Crippen molar-refractivity contribution in [3.8, 4) is 0 Å². The second-order valence-corrected chi connectivity index (χ2v) is 4.92. The first-order chi connectivity index (χ1) is 8.22. The number of nitrogens with zero attached hydrogens (tertiary/aromatic N) is 1. The summed E-state index contributed by atoms with van der Waals surface area (Å²) < 4.78 is 0. The predicted molar refractivity (Wildman–Crippen MR) is 71.5 cm³/mol. The average Bonchev–Trinajstić information content (AvgIpc) is 2.29. The van der Waals surface area contributed by atoms with Gasteiger partial charge in [0.2, 0.25) is 0 Å². The van der Waals surface area contributed by atoms with Gasteiger partial charge in [-0.3, -0.25) is 0 Å². The number of benzene rings is 1. The van der Waals surface area contributed by atoms with Crippen LogP contribution >= 0.6 is 0 Å². The van der Waals surface area contributed by atoms with Gasteiger partial charge in [-0.1, -0.05) is 12.1 Å². The van der Waals surface area contributed by atoms with Gasteiger partial charge in [0.25, 0.3) is 0 Å². The van der Waals surface area contributed by atoms with E-state index < -0.39 is 0 Å². The van der Waals surface area contributed by atoms with Crippen LogP contribution in [0.3, 0.4) is 0 Å². The molecule has 2 atom stereocenters. The molecule has 17 heavy (non-hydrogen) atoms. The Bertz CT molecular complexity index is 365. The summed E-state index contributed by atoms with van der Waals surface area (Å²) in [5.74, 6) is 0. The Hall–Kier alpha value is -1.06. The van der Waals surface area contributed by atoms with Crippen molar-refractivity contribution in [3.05, 3.63) is 29.8 Å². The zero-order valence-corrected chi connectivity index (χ0v) is 10.7. The molecule has 1 fully saturated rings. The van der Waals surface area contributed by atoms with Gasteiger partial charge in [-0.25, -0.2) is 0 Å². The van der Waals surface area contributed by atoms with E-state index in [0.29, 0.717) is 12.1 Å².